The van der Waals surface area contributed by atoms with Crippen molar-refractivity contribution in [2.45, 2.75) is 31.7 Å². The second kappa shape index (κ2) is 4.68. The molecule has 0 aliphatic heterocycles. The topological polar surface area (TPSA) is 26.0 Å². The first-order valence-corrected chi connectivity index (χ1v) is 5.87. The van der Waals surface area contributed by atoms with Crippen molar-refractivity contribution in [2.75, 3.05) is 0 Å². The van der Waals surface area contributed by atoms with Crippen molar-refractivity contribution in [1.82, 2.24) is 0 Å². The van der Waals surface area contributed by atoms with E-state index in [-0.39, 0.29) is 16.5 Å². The van der Waals surface area contributed by atoms with Crippen molar-refractivity contribution in [3.8, 4) is 0 Å². The number of benzene rings is 1. The highest BCUT2D eigenvalue weighted by atomic mass is 35.5. The normalized spacial score (nSPS) is 19.0. The first kappa shape index (κ1) is 11.8. The second-order valence-electron chi connectivity index (χ2n) is 4.36. The minimum absolute atomic E-state index is 0.195. The fraction of sp³-hybridized carbons (Fsp3) is 0.500. The van der Waals surface area contributed by atoms with Gasteiger partial charge in [-0.25, -0.2) is 8.78 Å². The van der Waals surface area contributed by atoms with Crippen LogP contribution in [0.2, 0.25) is 5.02 Å². The Morgan fingerprint density at radius 1 is 1.19 bits per heavy atom. The zero-order chi connectivity index (χ0) is 11.7. The quantitative estimate of drug-likeness (QED) is 0.788. The molecule has 0 aromatic heterocycles. The van der Waals surface area contributed by atoms with Crippen LogP contribution in [0.1, 0.15) is 37.3 Å². The summed E-state index contributed by atoms with van der Waals surface area (Å²) in [5.74, 6) is -0.854. The van der Waals surface area contributed by atoms with Gasteiger partial charge in [-0.05, 0) is 30.9 Å². The van der Waals surface area contributed by atoms with E-state index in [0.29, 0.717) is 0 Å². The highest BCUT2D eigenvalue weighted by Gasteiger charge is 2.26. The third kappa shape index (κ3) is 2.20. The van der Waals surface area contributed by atoms with Crippen LogP contribution in [0.5, 0.6) is 0 Å². The molecular weight excluding hydrogens is 232 g/mol. The second-order valence-corrected chi connectivity index (χ2v) is 4.77. The minimum atomic E-state index is -0.605. The Morgan fingerprint density at radius 3 is 2.44 bits per heavy atom. The summed E-state index contributed by atoms with van der Waals surface area (Å²) >= 11 is 5.49. The fourth-order valence-corrected chi connectivity index (χ4v) is 2.51. The van der Waals surface area contributed by atoms with Crippen LogP contribution in [0.3, 0.4) is 0 Å². The largest absolute Gasteiger partial charge is 0.324 e. The van der Waals surface area contributed by atoms with Gasteiger partial charge >= 0.3 is 0 Å². The predicted molar refractivity (Wildman–Crippen MR) is 60.3 cm³/mol. The molecule has 1 aromatic rings. The summed E-state index contributed by atoms with van der Waals surface area (Å²) in [6.45, 7) is 0. The molecule has 1 atom stereocenters. The van der Waals surface area contributed by atoms with Gasteiger partial charge in [0.15, 0.2) is 0 Å². The van der Waals surface area contributed by atoms with Crippen LogP contribution >= 0.6 is 11.6 Å². The van der Waals surface area contributed by atoms with Crippen LogP contribution in [-0.4, -0.2) is 0 Å². The van der Waals surface area contributed by atoms with E-state index in [1.54, 1.807) is 0 Å². The van der Waals surface area contributed by atoms with E-state index in [0.717, 1.165) is 37.8 Å². The van der Waals surface area contributed by atoms with Crippen LogP contribution in [0, 0.1) is 17.6 Å². The smallest absolute Gasteiger partial charge is 0.142 e. The SMILES string of the molecule is NC(c1cc(F)c(Cl)cc1F)C1CCCC1. The number of hydrogen-bond acceptors (Lipinski definition) is 1. The molecule has 1 unspecified atom stereocenters. The van der Waals surface area contributed by atoms with Gasteiger partial charge in [0, 0.05) is 11.6 Å². The van der Waals surface area contributed by atoms with E-state index in [1.807, 2.05) is 0 Å². The maximum absolute atomic E-state index is 13.6. The average Bonchev–Trinajstić information content (AvgIpc) is 2.75. The highest BCUT2D eigenvalue weighted by molar-refractivity contribution is 6.30. The fourth-order valence-electron chi connectivity index (χ4n) is 2.36. The zero-order valence-electron chi connectivity index (χ0n) is 8.85. The minimum Gasteiger partial charge on any atom is -0.324 e. The van der Waals surface area contributed by atoms with Crippen LogP contribution in [0.15, 0.2) is 12.1 Å². The predicted octanol–water partition coefficient (Wildman–Crippen LogP) is 3.81. The lowest BCUT2D eigenvalue weighted by Crippen LogP contribution is -2.20. The monoisotopic (exact) mass is 245 g/mol. The molecule has 1 fully saturated rings. The molecule has 1 aromatic carbocycles. The number of nitrogens with two attached hydrogens (primary N) is 1. The number of rotatable bonds is 2. The van der Waals surface area contributed by atoms with E-state index in [4.69, 9.17) is 17.3 Å². The Kier molecular flexibility index (Phi) is 3.45. The van der Waals surface area contributed by atoms with Gasteiger partial charge in [0.2, 0.25) is 0 Å². The van der Waals surface area contributed by atoms with Crippen molar-refractivity contribution < 1.29 is 8.78 Å². The lowest BCUT2D eigenvalue weighted by atomic mass is 9.92. The summed E-state index contributed by atoms with van der Waals surface area (Å²) in [6, 6.07) is 1.70. The van der Waals surface area contributed by atoms with Crippen molar-refractivity contribution in [3.63, 3.8) is 0 Å². The molecule has 1 saturated carbocycles. The maximum Gasteiger partial charge on any atom is 0.142 e. The third-order valence-corrected chi connectivity index (χ3v) is 3.60. The molecule has 0 spiro atoms. The highest BCUT2D eigenvalue weighted by Crippen LogP contribution is 2.36. The molecule has 1 nitrogen and oxygen atoms in total. The van der Waals surface area contributed by atoms with E-state index >= 15 is 0 Å². The van der Waals surface area contributed by atoms with Gasteiger partial charge in [0.05, 0.1) is 5.02 Å². The third-order valence-electron chi connectivity index (χ3n) is 3.31. The molecule has 0 saturated heterocycles. The molecule has 0 bridgehead atoms. The lowest BCUT2D eigenvalue weighted by Gasteiger charge is -2.20. The van der Waals surface area contributed by atoms with Crippen LogP contribution in [-0.2, 0) is 0 Å². The molecule has 1 aliphatic rings. The molecule has 0 heterocycles. The Morgan fingerprint density at radius 2 is 1.81 bits per heavy atom. The maximum atomic E-state index is 13.6. The van der Waals surface area contributed by atoms with Gasteiger partial charge in [0.25, 0.3) is 0 Å². The van der Waals surface area contributed by atoms with Crippen molar-refractivity contribution in [3.05, 3.63) is 34.4 Å². The summed E-state index contributed by atoms with van der Waals surface area (Å²) in [6.07, 6.45) is 4.22. The average molecular weight is 246 g/mol. The van der Waals surface area contributed by atoms with Gasteiger partial charge in [-0.2, -0.15) is 0 Å². The van der Waals surface area contributed by atoms with Crippen molar-refractivity contribution in [2.24, 2.45) is 11.7 Å². The molecule has 2 rings (SSSR count). The number of hydrogen-bond donors (Lipinski definition) is 1. The van der Waals surface area contributed by atoms with Crippen LogP contribution in [0.25, 0.3) is 0 Å². The zero-order valence-corrected chi connectivity index (χ0v) is 9.61. The summed E-state index contributed by atoms with van der Waals surface area (Å²) in [5.41, 5.74) is 6.21. The molecule has 1 aliphatic carbocycles. The Hall–Kier alpha value is -0.670. The van der Waals surface area contributed by atoms with Gasteiger partial charge in [-0.3, -0.25) is 0 Å². The molecule has 16 heavy (non-hydrogen) atoms. The Bertz CT molecular complexity index is 389. The number of halogens is 3. The van der Waals surface area contributed by atoms with E-state index < -0.39 is 17.7 Å². The molecule has 0 amide bonds. The van der Waals surface area contributed by atoms with Gasteiger partial charge in [0.1, 0.15) is 11.6 Å². The van der Waals surface area contributed by atoms with E-state index in [9.17, 15) is 8.78 Å². The molecule has 88 valence electrons. The summed E-state index contributed by atoms with van der Waals surface area (Å²) in [5, 5.41) is -0.195. The summed E-state index contributed by atoms with van der Waals surface area (Å²) in [4.78, 5) is 0. The van der Waals surface area contributed by atoms with Crippen LogP contribution < -0.4 is 5.73 Å². The lowest BCUT2D eigenvalue weighted by molar-refractivity contribution is 0.426. The van der Waals surface area contributed by atoms with Crippen LogP contribution in [0.4, 0.5) is 8.78 Å². The van der Waals surface area contributed by atoms with Crippen molar-refractivity contribution in [1.29, 1.82) is 0 Å². The summed E-state index contributed by atoms with van der Waals surface area (Å²) < 4.78 is 26.9. The van der Waals surface area contributed by atoms with E-state index in [1.165, 1.54) is 0 Å². The Balaban J connectivity index is 2.28. The standard InChI is InChI=1S/C12H14ClF2N/c13-9-6-10(14)8(5-11(9)15)12(16)7-3-1-2-4-7/h5-7,12H,1-4,16H2. The molecule has 4 heteroatoms. The van der Waals surface area contributed by atoms with Gasteiger partial charge in [-0.15, -0.1) is 0 Å². The first-order valence-electron chi connectivity index (χ1n) is 5.49. The molecule has 2 N–H and O–H groups in total. The van der Waals surface area contributed by atoms with Gasteiger partial charge in [-0.1, -0.05) is 24.4 Å². The van der Waals surface area contributed by atoms with E-state index in [2.05, 4.69) is 0 Å². The summed E-state index contributed by atoms with van der Waals surface area (Å²) in [7, 11) is 0. The Labute approximate surface area is 98.6 Å². The van der Waals surface area contributed by atoms with Crippen molar-refractivity contribution >= 4 is 11.6 Å². The molecular formula is C12H14ClF2N. The van der Waals surface area contributed by atoms with Gasteiger partial charge < -0.3 is 5.73 Å². The molecule has 0 radical (unpaired) electrons. The first-order chi connectivity index (χ1) is 7.59.